The van der Waals surface area contributed by atoms with E-state index in [0.29, 0.717) is 10.0 Å². The highest BCUT2D eigenvalue weighted by Gasteiger charge is 2.35. The molecule has 1 aromatic carbocycles. The Labute approximate surface area is 133 Å². The van der Waals surface area contributed by atoms with E-state index in [4.69, 9.17) is 5.73 Å². The van der Waals surface area contributed by atoms with Crippen LogP contribution < -0.4 is 11.1 Å². The van der Waals surface area contributed by atoms with Gasteiger partial charge in [-0.15, -0.1) is 0 Å². The minimum Gasteiger partial charge on any atom is -0.368 e. The van der Waals surface area contributed by atoms with Crippen LogP contribution >= 0.6 is 15.9 Å². The Morgan fingerprint density at radius 2 is 1.95 bits per heavy atom. The van der Waals surface area contributed by atoms with Crippen molar-refractivity contribution in [3.8, 4) is 0 Å². The molecule has 0 saturated heterocycles. The first-order valence-corrected chi connectivity index (χ1v) is 8.26. The summed E-state index contributed by atoms with van der Waals surface area (Å²) in [5, 5.41) is 3.42. The fourth-order valence-corrected chi connectivity index (χ4v) is 3.31. The smallest absolute Gasteiger partial charge is 0.242 e. The molecular formula is C16H22BrFN2O. The maximum atomic E-state index is 13.4. The molecular weight excluding hydrogens is 335 g/mol. The maximum Gasteiger partial charge on any atom is 0.242 e. The van der Waals surface area contributed by atoms with Crippen molar-refractivity contribution in [1.29, 1.82) is 0 Å². The molecule has 1 aliphatic carbocycles. The van der Waals surface area contributed by atoms with Gasteiger partial charge in [-0.25, -0.2) is 4.39 Å². The molecule has 116 valence electrons. The van der Waals surface area contributed by atoms with Gasteiger partial charge < -0.3 is 5.73 Å². The predicted molar refractivity (Wildman–Crippen MR) is 85.3 cm³/mol. The Balaban J connectivity index is 2.26. The average Bonchev–Trinajstić information content (AvgIpc) is 2.70. The van der Waals surface area contributed by atoms with E-state index >= 15 is 0 Å². The molecule has 1 aromatic rings. The van der Waals surface area contributed by atoms with Crippen molar-refractivity contribution in [1.82, 2.24) is 5.32 Å². The third kappa shape index (κ3) is 3.83. The maximum absolute atomic E-state index is 13.4. The fourth-order valence-electron chi connectivity index (χ4n) is 2.94. The number of halogens is 2. The summed E-state index contributed by atoms with van der Waals surface area (Å²) in [6.45, 7) is 1.78. The van der Waals surface area contributed by atoms with Gasteiger partial charge in [0.2, 0.25) is 5.91 Å². The van der Waals surface area contributed by atoms with Gasteiger partial charge >= 0.3 is 0 Å². The molecule has 0 radical (unpaired) electrons. The summed E-state index contributed by atoms with van der Waals surface area (Å²) < 4.78 is 13.8. The Bertz CT molecular complexity index is 515. The van der Waals surface area contributed by atoms with Crippen molar-refractivity contribution in [3.05, 3.63) is 34.1 Å². The minimum absolute atomic E-state index is 0.272. The van der Waals surface area contributed by atoms with Crippen molar-refractivity contribution in [2.24, 2.45) is 5.73 Å². The molecule has 1 aliphatic rings. The number of amides is 1. The van der Waals surface area contributed by atoms with Crippen LogP contribution in [0.4, 0.5) is 4.39 Å². The summed E-state index contributed by atoms with van der Waals surface area (Å²) >= 11 is 3.17. The summed E-state index contributed by atoms with van der Waals surface area (Å²) in [7, 11) is 0. The summed E-state index contributed by atoms with van der Waals surface area (Å²) in [4.78, 5) is 12.0. The number of benzene rings is 1. The van der Waals surface area contributed by atoms with Crippen molar-refractivity contribution in [2.45, 2.75) is 57.0 Å². The summed E-state index contributed by atoms with van der Waals surface area (Å²) in [6, 6.07) is 4.88. The van der Waals surface area contributed by atoms with E-state index in [-0.39, 0.29) is 11.9 Å². The molecule has 0 bridgehead atoms. The number of hydrogen-bond acceptors (Lipinski definition) is 2. The molecule has 3 N–H and O–H groups in total. The van der Waals surface area contributed by atoms with Gasteiger partial charge in [-0.05, 0) is 53.4 Å². The van der Waals surface area contributed by atoms with Crippen LogP contribution in [0.15, 0.2) is 22.7 Å². The molecule has 0 spiro atoms. The Hall–Kier alpha value is -0.940. The van der Waals surface area contributed by atoms with Crippen LogP contribution in [0, 0.1) is 5.82 Å². The zero-order chi connectivity index (χ0) is 15.5. The lowest BCUT2D eigenvalue weighted by atomic mass is 9.89. The van der Waals surface area contributed by atoms with E-state index in [0.717, 1.165) is 12.8 Å². The van der Waals surface area contributed by atoms with Gasteiger partial charge in [-0.2, -0.15) is 0 Å². The zero-order valence-electron chi connectivity index (χ0n) is 12.3. The first kappa shape index (κ1) is 16.4. The highest BCUT2D eigenvalue weighted by molar-refractivity contribution is 9.10. The van der Waals surface area contributed by atoms with Crippen LogP contribution in [0.1, 0.15) is 51.0 Å². The first-order chi connectivity index (χ1) is 9.93. The Morgan fingerprint density at radius 3 is 2.48 bits per heavy atom. The Kier molecular flexibility index (Phi) is 5.38. The van der Waals surface area contributed by atoms with Gasteiger partial charge in [-0.1, -0.05) is 31.7 Å². The van der Waals surface area contributed by atoms with E-state index < -0.39 is 11.4 Å². The third-order valence-corrected chi connectivity index (χ3v) is 4.95. The minimum atomic E-state index is -0.981. The second kappa shape index (κ2) is 6.88. The van der Waals surface area contributed by atoms with Crippen molar-refractivity contribution < 1.29 is 9.18 Å². The van der Waals surface area contributed by atoms with E-state index in [9.17, 15) is 9.18 Å². The van der Waals surface area contributed by atoms with Crippen LogP contribution in [0.3, 0.4) is 0 Å². The summed E-state index contributed by atoms with van der Waals surface area (Å²) in [6.07, 6.45) is 6.91. The third-order valence-electron chi connectivity index (χ3n) is 4.34. The van der Waals surface area contributed by atoms with Crippen molar-refractivity contribution >= 4 is 21.8 Å². The second-order valence-corrected chi connectivity index (χ2v) is 6.81. The topological polar surface area (TPSA) is 55.1 Å². The van der Waals surface area contributed by atoms with Gasteiger partial charge in [0.15, 0.2) is 0 Å². The Morgan fingerprint density at radius 1 is 1.33 bits per heavy atom. The average molecular weight is 357 g/mol. The second-order valence-electron chi connectivity index (χ2n) is 5.95. The number of carbonyl (C=O) groups is 1. The van der Waals surface area contributed by atoms with Crippen LogP contribution in [-0.2, 0) is 10.3 Å². The summed E-state index contributed by atoms with van der Waals surface area (Å²) in [5.74, 6) is -0.787. The van der Waals surface area contributed by atoms with Crippen LogP contribution in [0.25, 0.3) is 0 Å². The molecule has 0 aliphatic heterocycles. The standard InChI is InChI=1S/C16H22BrFN2O/c1-16(15(19)21,11-8-9-14(18)13(17)10-11)20-12-6-4-2-3-5-7-12/h8-10,12,20H,2-7H2,1H3,(H2,19,21). The lowest BCUT2D eigenvalue weighted by Crippen LogP contribution is -2.54. The van der Waals surface area contributed by atoms with Crippen molar-refractivity contribution in [3.63, 3.8) is 0 Å². The molecule has 1 fully saturated rings. The predicted octanol–water partition coefficient (Wildman–Crippen LogP) is 3.60. The number of hydrogen-bond donors (Lipinski definition) is 2. The lowest BCUT2D eigenvalue weighted by molar-refractivity contribution is -0.124. The molecule has 1 unspecified atom stereocenters. The van der Waals surface area contributed by atoms with E-state index in [1.165, 1.54) is 31.7 Å². The number of carbonyl (C=O) groups excluding carboxylic acids is 1. The van der Waals surface area contributed by atoms with Gasteiger partial charge in [-0.3, -0.25) is 10.1 Å². The molecule has 2 rings (SSSR count). The van der Waals surface area contributed by atoms with E-state index in [2.05, 4.69) is 21.2 Å². The molecule has 0 heterocycles. The van der Waals surface area contributed by atoms with Crippen LogP contribution in [-0.4, -0.2) is 11.9 Å². The van der Waals surface area contributed by atoms with Gasteiger partial charge in [0, 0.05) is 6.04 Å². The molecule has 0 aromatic heterocycles. The molecule has 1 atom stereocenters. The first-order valence-electron chi connectivity index (χ1n) is 7.46. The van der Waals surface area contributed by atoms with Gasteiger partial charge in [0.1, 0.15) is 11.4 Å². The number of nitrogens with two attached hydrogens (primary N) is 1. The van der Waals surface area contributed by atoms with Gasteiger partial charge in [0.05, 0.1) is 4.47 Å². The molecule has 3 nitrogen and oxygen atoms in total. The van der Waals surface area contributed by atoms with E-state index in [1.807, 2.05) is 0 Å². The molecule has 1 amide bonds. The normalized spacial score (nSPS) is 19.8. The number of primary amides is 1. The van der Waals surface area contributed by atoms with Crippen molar-refractivity contribution in [2.75, 3.05) is 0 Å². The SMILES string of the molecule is CC(NC1CCCCCC1)(C(N)=O)c1ccc(F)c(Br)c1. The largest absolute Gasteiger partial charge is 0.368 e. The molecule has 1 saturated carbocycles. The number of rotatable bonds is 4. The molecule has 5 heteroatoms. The van der Waals surface area contributed by atoms with Gasteiger partial charge in [0.25, 0.3) is 0 Å². The van der Waals surface area contributed by atoms with Crippen LogP contribution in [0.2, 0.25) is 0 Å². The zero-order valence-corrected chi connectivity index (χ0v) is 13.9. The quantitative estimate of drug-likeness (QED) is 0.809. The monoisotopic (exact) mass is 356 g/mol. The van der Waals surface area contributed by atoms with Crippen LogP contribution in [0.5, 0.6) is 0 Å². The highest BCUT2D eigenvalue weighted by Crippen LogP contribution is 2.28. The highest BCUT2D eigenvalue weighted by atomic mass is 79.9. The fraction of sp³-hybridized carbons (Fsp3) is 0.562. The summed E-state index contributed by atoms with van der Waals surface area (Å²) in [5.41, 5.74) is 5.34. The molecule has 21 heavy (non-hydrogen) atoms. The number of nitrogens with one attached hydrogen (secondary N) is 1. The van der Waals surface area contributed by atoms with E-state index in [1.54, 1.807) is 19.1 Å². The lowest BCUT2D eigenvalue weighted by Gasteiger charge is -2.33.